The van der Waals surface area contributed by atoms with E-state index in [-0.39, 0.29) is 0 Å². The van der Waals surface area contributed by atoms with E-state index in [0.717, 1.165) is 24.5 Å². The molecule has 0 spiro atoms. The number of aryl methyl sites for hydroxylation is 1. The van der Waals surface area contributed by atoms with Crippen molar-refractivity contribution in [2.45, 2.75) is 57.7 Å². The number of nitrogens with one attached hydrogen (secondary N) is 2. The molecule has 3 heterocycles. The molecule has 124 valence electrons. The highest BCUT2D eigenvalue weighted by atomic mass is 35.5. The Hall–Kier alpha value is -1.03. The second-order valence-electron chi connectivity index (χ2n) is 7.03. The summed E-state index contributed by atoms with van der Waals surface area (Å²) in [6, 6.07) is 7.48. The number of nitrogens with zero attached hydrogens (tertiary/aromatic N) is 1. The zero-order chi connectivity index (χ0) is 15.8. The Labute approximate surface area is 143 Å². The molecular weight excluding hydrogens is 306 g/mol. The normalized spacial score (nSPS) is 24.8. The van der Waals surface area contributed by atoms with Gasteiger partial charge in [0.05, 0.1) is 0 Å². The van der Waals surface area contributed by atoms with Crippen molar-refractivity contribution >= 4 is 22.5 Å². The summed E-state index contributed by atoms with van der Waals surface area (Å²) in [7, 11) is 0. The van der Waals surface area contributed by atoms with Crippen LogP contribution in [0.3, 0.4) is 0 Å². The van der Waals surface area contributed by atoms with Crippen LogP contribution in [-0.2, 0) is 13.0 Å². The van der Waals surface area contributed by atoms with E-state index in [4.69, 9.17) is 11.6 Å². The highest BCUT2D eigenvalue weighted by Gasteiger charge is 2.25. The van der Waals surface area contributed by atoms with Gasteiger partial charge < -0.3 is 15.2 Å². The van der Waals surface area contributed by atoms with E-state index in [2.05, 4.69) is 34.3 Å². The van der Waals surface area contributed by atoms with Crippen LogP contribution in [0.1, 0.15) is 49.9 Å². The molecule has 1 saturated heterocycles. The summed E-state index contributed by atoms with van der Waals surface area (Å²) < 4.78 is 2.56. The van der Waals surface area contributed by atoms with Gasteiger partial charge in [-0.05, 0) is 56.5 Å². The number of hydrogen-bond acceptors (Lipinski definition) is 2. The minimum absolute atomic E-state index is 0.411. The molecule has 0 saturated carbocycles. The molecule has 2 atom stereocenters. The van der Waals surface area contributed by atoms with Gasteiger partial charge in [0.2, 0.25) is 0 Å². The molecule has 0 amide bonds. The Bertz CT molecular complexity index is 700. The number of aromatic nitrogens is 1. The third kappa shape index (κ3) is 2.90. The summed E-state index contributed by atoms with van der Waals surface area (Å²) in [5.41, 5.74) is 4.33. The van der Waals surface area contributed by atoms with Gasteiger partial charge in [0, 0.05) is 53.2 Å². The molecule has 4 heteroatoms. The lowest BCUT2D eigenvalue weighted by molar-refractivity contribution is 0.365. The molecule has 1 aromatic heterocycles. The number of hydrogen-bond donors (Lipinski definition) is 2. The Morgan fingerprint density at radius 3 is 2.96 bits per heavy atom. The number of rotatable bonds is 3. The minimum atomic E-state index is 0.411. The topological polar surface area (TPSA) is 29.0 Å². The lowest BCUT2D eigenvalue weighted by Crippen LogP contribution is -2.35. The molecule has 4 rings (SSSR count). The molecule has 2 N–H and O–H groups in total. The van der Waals surface area contributed by atoms with Crippen molar-refractivity contribution in [3.8, 4) is 0 Å². The Balaban J connectivity index is 1.70. The van der Waals surface area contributed by atoms with Crippen LogP contribution in [0.4, 0.5) is 0 Å². The molecule has 2 unspecified atom stereocenters. The van der Waals surface area contributed by atoms with E-state index in [1.165, 1.54) is 54.4 Å². The van der Waals surface area contributed by atoms with Crippen molar-refractivity contribution in [3.05, 3.63) is 34.5 Å². The fourth-order valence-corrected chi connectivity index (χ4v) is 4.55. The molecule has 2 aliphatic rings. The van der Waals surface area contributed by atoms with Crippen LogP contribution in [0.5, 0.6) is 0 Å². The van der Waals surface area contributed by atoms with Crippen molar-refractivity contribution < 1.29 is 0 Å². The fourth-order valence-electron chi connectivity index (χ4n) is 4.38. The zero-order valence-corrected chi connectivity index (χ0v) is 14.6. The molecule has 3 nitrogen and oxygen atoms in total. The quantitative estimate of drug-likeness (QED) is 0.889. The van der Waals surface area contributed by atoms with Gasteiger partial charge in [-0.15, -0.1) is 0 Å². The van der Waals surface area contributed by atoms with Crippen LogP contribution in [0, 0.1) is 0 Å². The van der Waals surface area contributed by atoms with E-state index in [9.17, 15) is 0 Å². The zero-order valence-electron chi connectivity index (χ0n) is 13.9. The molecule has 2 aliphatic heterocycles. The van der Waals surface area contributed by atoms with E-state index in [0.29, 0.717) is 12.1 Å². The minimum Gasteiger partial charge on any atom is -0.344 e. The van der Waals surface area contributed by atoms with Gasteiger partial charge >= 0.3 is 0 Å². The summed E-state index contributed by atoms with van der Waals surface area (Å²) in [4.78, 5) is 0. The summed E-state index contributed by atoms with van der Waals surface area (Å²) in [5, 5.41) is 9.45. The molecule has 0 bridgehead atoms. The first-order chi connectivity index (χ1) is 11.2. The van der Waals surface area contributed by atoms with Gasteiger partial charge in [-0.3, -0.25) is 0 Å². The molecule has 0 aliphatic carbocycles. The molecule has 0 radical (unpaired) electrons. The average molecular weight is 332 g/mol. The first-order valence-electron chi connectivity index (χ1n) is 9.01. The van der Waals surface area contributed by atoms with Crippen molar-refractivity contribution in [1.82, 2.24) is 15.2 Å². The fraction of sp³-hybridized carbons (Fsp3) is 0.579. The summed E-state index contributed by atoms with van der Waals surface area (Å²) >= 11 is 6.28. The third-order valence-corrected chi connectivity index (χ3v) is 5.77. The lowest BCUT2D eigenvalue weighted by atomic mass is 9.99. The predicted octanol–water partition coefficient (Wildman–Crippen LogP) is 4.03. The second kappa shape index (κ2) is 6.46. The van der Waals surface area contributed by atoms with Crippen LogP contribution in [0.2, 0.25) is 5.02 Å². The van der Waals surface area contributed by atoms with Crippen LogP contribution in [-0.4, -0.2) is 23.7 Å². The smallest absolute Gasteiger partial charge is 0.0487 e. The SMILES string of the molecule is CC1NCCc2c1c1cc(Cl)ccc1n2CCC1CCCCN1. The molecule has 1 aromatic carbocycles. The molecular formula is C19H26ClN3. The van der Waals surface area contributed by atoms with Gasteiger partial charge in [0.25, 0.3) is 0 Å². The first kappa shape index (κ1) is 15.5. The number of piperidine rings is 1. The Morgan fingerprint density at radius 2 is 2.13 bits per heavy atom. The van der Waals surface area contributed by atoms with Crippen LogP contribution in [0.25, 0.3) is 10.9 Å². The highest BCUT2D eigenvalue weighted by molar-refractivity contribution is 6.31. The predicted molar refractivity (Wildman–Crippen MR) is 97.3 cm³/mol. The number of benzene rings is 1. The van der Waals surface area contributed by atoms with Crippen LogP contribution < -0.4 is 10.6 Å². The van der Waals surface area contributed by atoms with Crippen molar-refractivity contribution in [2.24, 2.45) is 0 Å². The van der Waals surface area contributed by atoms with E-state index < -0.39 is 0 Å². The monoisotopic (exact) mass is 331 g/mol. The van der Waals surface area contributed by atoms with Crippen molar-refractivity contribution in [1.29, 1.82) is 0 Å². The standard InChI is InChI=1S/C19H26ClN3/c1-13-19-16-12-14(20)5-6-17(16)23(18(19)7-10-21-13)11-8-15-4-2-3-9-22-15/h5-6,12-13,15,21-22H,2-4,7-11H2,1H3. The number of fused-ring (bicyclic) bond motifs is 3. The summed E-state index contributed by atoms with van der Waals surface area (Å²) in [6.45, 7) is 5.63. The highest BCUT2D eigenvalue weighted by Crippen LogP contribution is 2.35. The number of halogens is 1. The maximum Gasteiger partial charge on any atom is 0.0487 e. The Morgan fingerprint density at radius 1 is 1.22 bits per heavy atom. The molecule has 2 aromatic rings. The molecule has 23 heavy (non-hydrogen) atoms. The van der Waals surface area contributed by atoms with Crippen LogP contribution >= 0.6 is 11.6 Å². The van der Waals surface area contributed by atoms with Crippen molar-refractivity contribution in [2.75, 3.05) is 13.1 Å². The second-order valence-corrected chi connectivity index (χ2v) is 7.47. The largest absolute Gasteiger partial charge is 0.344 e. The molecule has 1 fully saturated rings. The van der Waals surface area contributed by atoms with E-state index >= 15 is 0 Å². The van der Waals surface area contributed by atoms with Gasteiger partial charge in [-0.1, -0.05) is 18.0 Å². The third-order valence-electron chi connectivity index (χ3n) is 5.54. The van der Waals surface area contributed by atoms with Gasteiger partial charge in [-0.25, -0.2) is 0 Å². The Kier molecular flexibility index (Phi) is 4.35. The van der Waals surface area contributed by atoms with Gasteiger partial charge in [0.1, 0.15) is 0 Å². The summed E-state index contributed by atoms with van der Waals surface area (Å²) in [5.74, 6) is 0. The maximum absolute atomic E-state index is 6.28. The van der Waals surface area contributed by atoms with Crippen molar-refractivity contribution in [3.63, 3.8) is 0 Å². The average Bonchev–Trinajstić information content (AvgIpc) is 2.88. The van der Waals surface area contributed by atoms with E-state index in [1.54, 1.807) is 0 Å². The van der Waals surface area contributed by atoms with Gasteiger partial charge in [-0.2, -0.15) is 0 Å². The summed E-state index contributed by atoms with van der Waals surface area (Å²) in [6.07, 6.45) is 6.37. The van der Waals surface area contributed by atoms with E-state index in [1.807, 2.05) is 6.07 Å². The maximum atomic E-state index is 6.28. The van der Waals surface area contributed by atoms with Crippen LogP contribution in [0.15, 0.2) is 18.2 Å². The van der Waals surface area contributed by atoms with Gasteiger partial charge in [0.15, 0.2) is 0 Å². The first-order valence-corrected chi connectivity index (χ1v) is 9.39. The lowest BCUT2D eigenvalue weighted by Gasteiger charge is -2.26.